The lowest BCUT2D eigenvalue weighted by molar-refractivity contribution is -0.113. The molecule has 0 unspecified atom stereocenters. The Balaban J connectivity index is 1.52. The molecular weight excluding hydrogens is 491 g/mol. The zero-order chi connectivity index (χ0) is 22.7. The van der Waals surface area contributed by atoms with E-state index in [9.17, 15) is 4.79 Å². The summed E-state index contributed by atoms with van der Waals surface area (Å²) in [6.07, 6.45) is 2.11. The van der Waals surface area contributed by atoms with Crippen LogP contribution in [0.4, 0.5) is 5.69 Å². The number of carbonyl (C=O) groups excluding carboxylic acids is 1. The highest BCUT2D eigenvalue weighted by Crippen LogP contribution is 2.33. The van der Waals surface area contributed by atoms with Crippen LogP contribution in [0.3, 0.4) is 0 Å². The zero-order valence-electron chi connectivity index (χ0n) is 17.3. The molecule has 0 aliphatic carbocycles. The summed E-state index contributed by atoms with van der Waals surface area (Å²) in [5.41, 5.74) is 2.15. The number of ether oxygens (including phenoxy) is 1. The molecule has 2 heterocycles. The molecule has 0 bridgehead atoms. The first kappa shape index (κ1) is 23.4. The maximum atomic E-state index is 12.6. The molecule has 0 saturated carbocycles. The molecule has 0 spiro atoms. The molecule has 32 heavy (non-hydrogen) atoms. The second kappa shape index (κ2) is 10.4. The number of nitrogens with one attached hydrogen (secondary N) is 1. The summed E-state index contributed by atoms with van der Waals surface area (Å²) >= 11 is 19.9. The van der Waals surface area contributed by atoms with Gasteiger partial charge in [-0.3, -0.25) is 9.36 Å². The molecule has 1 amide bonds. The number of hydrogen-bond donors (Lipinski definition) is 1. The fourth-order valence-electron chi connectivity index (χ4n) is 3.44. The molecule has 1 atom stereocenters. The molecule has 10 heteroatoms. The zero-order valence-corrected chi connectivity index (χ0v) is 20.4. The molecule has 1 aliphatic rings. The van der Waals surface area contributed by atoms with Crippen molar-refractivity contribution in [1.29, 1.82) is 0 Å². The summed E-state index contributed by atoms with van der Waals surface area (Å²) < 4.78 is 7.82. The van der Waals surface area contributed by atoms with Crippen molar-refractivity contribution in [3.8, 4) is 11.4 Å². The minimum Gasteiger partial charge on any atom is -0.376 e. The summed E-state index contributed by atoms with van der Waals surface area (Å²) in [7, 11) is 0. The predicted molar refractivity (Wildman–Crippen MR) is 130 cm³/mol. The molecule has 2 aromatic carbocycles. The normalized spacial score (nSPS) is 15.8. The largest absolute Gasteiger partial charge is 0.376 e. The first-order valence-electron chi connectivity index (χ1n) is 10.1. The van der Waals surface area contributed by atoms with E-state index in [-0.39, 0.29) is 17.8 Å². The maximum absolute atomic E-state index is 12.6. The summed E-state index contributed by atoms with van der Waals surface area (Å²) in [6, 6.07) is 11.0. The van der Waals surface area contributed by atoms with Gasteiger partial charge in [-0.15, -0.1) is 10.2 Å². The van der Waals surface area contributed by atoms with Crippen LogP contribution in [0.15, 0.2) is 41.6 Å². The van der Waals surface area contributed by atoms with Crippen LogP contribution >= 0.6 is 46.6 Å². The number of carbonyl (C=O) groups is 1. The van der Waals surface area contributed by atoms with E-state index in [2.05, 4.69) is 15.5 Å². The molecule has 168 valence electrons. The van der Waals surface area contributed by atoms with Crippen molar-refractivity contribution < 1.29 is 9.53 Å². The molecule has 6 nitrogen and oxygen atoms in total. The Hall–Kier alpha value is -1.77. The number of thioether (sulfide) groups is 1. The highest BCUT2D eigenvalue weighted by atomic mass is 35.5. The summed E-state index contributed by atoms with van der Waals surface area (Å²) in [4.78, 5) is 12.6. The van der Waals surface area contributed by atoms with Crippen LogP contribution in [0.5, 0.6) is 0 Å². The van der Waals surface area contributed by atoms with Gasteiger partial charge in [-0.2, -0.15) is 0 Å². The number of aryl methyl sites for hydroxylation is 1. The van der Waals surface area contributed by atoms with E-state index in [4.69, 9.17) is 39.5 Å². The maximum Gasteiger partial charge on any atom is 0.234 e. The molecule has 1 N–H and O–H groups in total. The Morgan fingerprint density at radius 1 is 1.19 bits per heavy atom. The van der Waals surface area contributed by atoms with Crippen molar-refractivity contribution in [1.82, 2.24) is 14.8 Å². The molecule has 1 aliphatic heterocycles. The van der Waals surface area contributed by atoms with E-state index >= 15 is 0 Å². The summed E-state index contributed by atoms with van der Waals surface area (Å²) in [5, 5.41) is 13.6. The van der Waals surface area contributed by atoms with Gasteiger partial charge < -0.3 is 10.1 Å². The number of anilines is 1. The van der Waals surface area contributed by atoms with Gasteiger partial charge in [-0.05, 0) is 55.7 Å². The van der Waals surface area contributed by atoms with Gasteiger partial charge in [0.2, 0.25) is 5.91 Å². The number of rotatable bonds is 7. The van der Waals surface area contributed by atoms with Gasteiger partial charge >= 0.3 is 0 Å². The van der Waals surface area contributed by atoms with Crippen molar-refractivity contribution in [2.75, 3.05) is 17.7 Å². The van der Waals surface area contributed by atoms with Gasteiger partial charge in [0.25, 0.3) is 0 Å². The molecule has 1 aromatic heterocycles. The Labute approximate surface area is 205 Å². The third-order valence-corrected chi connectivity index (χ3v) is 7.13. The van der Waals surface area contributed by atoms with Crippen LogP contribution in [0.25, 0.3) is 11.4 Å². The van der Waals surface area contributed by atoms with Gasteiger partial charge in [0.1, 0.15) is 0 Å². The monoisotopic (exact) mass is 510 g/mol. The van der Waals surface area contributed by atoms with E-state index in [0.29, 0.717) is 38.3 Å². The molecular formula is C22H21Cl3N4O2S. The second-order valence-electron chi connectivity index (χ2n) is 7.45. The first-order chi connectivity index (χ1) is 15.4. The predicted octanol–water partition coefficient (Wildman–Crippen LogP) is 6.12. The van der Waals surface area contributed by atoms with Gasteiger partial charge in [-0.25, -0.2) is 0 Å². The number of aromatic nitrogens is 3. The van der Waals surface area contributed by atoms with E-state index in [1.807, 2.05) is 35.8 Å². The summed E-state index contributed by atoms with van der Waals surface area (Å²) in [6.45, 7) is 3.23. The highest BCUT2D eigenvalue weighted by Gasteiger charge is 2.22. The van der Waals surface area contributed by atoms with Gasteiger partial charge in [0, 0.05) is 17.2 Å². The number of benzene rings is 2. The third-order valence-electron chi connectivity index (χ3n) is 5.11. The molecule has 1 saturated heterocycles. The number of amides is 1. The van der Waals surface area contributed by atoms with E-state index < -0.39 is 0 Å². The van der Waals surface area contributed by atoms with E-state index in [1.54, 1.807) is 12.1 Å². The number of hydrogen-bond acceptors (Lipinski definition) is 5. The van der Waals surface area contributed by atoms with Gasteiger partial charge in [0.15, 0.2) is 11.0 Å². The lowest BCUT2D eigenvalue weighted by Crippen LogP contribution is -2.18. The Morgan fingerprint density at radius 2 is 1.97 bits per heavy atom. The average molecular weight is 512 g/mol. The standard InChI is InChI=1S/C22H21Cl3N4O2S/c1-13-4-9-17(24)20(19(13)25)26-18(30)12-32-22-28-27-21(14-5-7-15(23)8-6-14)29(22)11-16-3-2-10-31-16/h4-9,16H,2-3,10-12H2,1H3,(H,26,30)/t16-/m0/s1. The Morgan fingerprint density at radius 3 is 2.69 bits per heavy atom. The minimum atomic E-state index is -0.232. The lowest BCUT2D eigenvalue weighted by Gasteiger charge is -2.15. The number of halogens is 3. The van der Waals surface area contributed by atoms with Crippen LogP contribution in [0.2, 0.25) is 15.1 Å². The Kier molecular flexibility index (Phi) is 7.63. The van der Waals surface area contributed by atoms with Crippen molar-refractivity contribution in [3.63, 3.8) is 0 Å². The van der Waals surface area contributed by atoms with Crippen LogP contribution < -0.4 is 5.32 Å². The molecule has 1 fully saturated rings. The van der Waals surface area contributed by atoms with E-state index in [1.165, 1.54) is 11.8 Å². The lowest BCUT2D eigenvalue weighted by atomic mass is 10.2. The molecule has 0 radical (unpaired) electrons. The quantitative estimate of drug-likeness (QED) is 0.387. The van der Waals surface area contributed by atoms with Crippen molar-refractivity contribution in [2.45, 2.75) is 37.6 Å². The number of nitrogens with zero attached hydrogens (tertiary/aromatic N) is 3. The van der Waals surface area contributed by atoms with Crippen molar-refractivity contribution >= 4 is 58.2 Å². The minimum absolute atomic E-state index is 0.0927. The fourth-order valence-corrected chi connectivity index (χ4v) is 4.78. The van der Waals surface area contributed by atoms with Crippen molar-refractivity contribution in [3.05, 3.63) is 57.0 Å². The van der Waals surface area contributed by atoms with Crippen LogP contribution in [0, 0.1) is 6.92 Å². The summed E-state index contributed by atoms with van der Waals surface area (Å²) in [5.74, 6) is 0.610. The van der Waals surface area contributed by atoms with E-state index in [0.717, 1.165) is 30.6 Å². The molecule has 3 aromatic rings. The molecule has 4 rings (SSSR count). The second-order valence-corrected chi connectivity index (χ2v) is 9.61. The smallest absolute Gasteiger partial charge is 0.234 e. The third kappa shape index (κ3) is 5.41. The first-order valence-corrected chi connectivity index (χ1v) is 12.2. The van der Waals surface area contributed by atoms with Crippen LogP contribution in [-0.2, 0) is 16.1 Å². The van der Waals surface area contributed by atoms with Crippen LogP contribution in [0.1, 0.15) is 18.4 Å². The van der Waals surface area contributed by atoms with Crippen molar-refractivity contribution in [2.24, 2.45) is 0 Å². The SMILES string of the molecule is Cc1ccc(Cl)c(NC(=O)CSc2nnc(-c3ccc(Cl)cc3)n2C[C@@H]2CCCO2)c1Cl. The highest BCUT2D eigenvalue weighted by molar-refractivity contribution is 7.99. The van der Waals surface area contributed by atoms with Gasteiger partial charge in [0.05, 0.1) is 34.1 Å². The fraction of sp³-hybridized carbons (Fsp3) is 0.318. The topological polar surface area (TPSA) is 69.0 Å². The Bertz CT molecular complexity index is 1120. The average Bonchev–Trinajstić information content (AvgIpc) is 3.44. The van der Waals surface area contributed by atoms with Crippen LogP contribution in [-0.4, -0.2) is 39.1 Å². The van der Waals surface area contributed by atoms with Gasteiger partial charge in [-0.1, -0.05) is 52.6 Å².